The summed E-state index contributed by atoms with van der Waals surface area (Å²) in [7, 11) is 0. The third-order valence-electron chi connectivity index (χ3n) is 4.85. The molecule has 3 rings (SSSR count). The third kappa shape index (κ3) is 0.399. The molecule has 0 saturated heterocycles. The fourth-order valence-corrected chi connectivity index (χ4v) is 3.57. The summed E-state index contributed by atoms with van der Waals surface area (Å²) in [5.74, 6) is 0.268. The van der Waals surface area contributed by atoms with Gasteiger partial charge in [0.05, 0.1) is 17.6 Å². The first-order valence-electron chi connectivity index (χ1n) is 4.81. The summed E-state index contributed by atoms with van der Waals surface area (Å²) in [6.45, 7) is 4.20. The van der Waals surface area contributed by atoms with Crippen molar-refractivity contribution in [3.05, 3.63) is 23.8 Å². The van der Waals surface area contributed by atoms with Gasteiger partial charge in [-0.25, -0.2) is 0 Å². The van der Waals surface area contributed by atoms with Crippen LogP contribution in [-0.2, 0) is 0 Å². The van der Waals surface area contributed by atoms with Crippen LogP contribution < -0.4 is 0 Å². The molecule has 2 heteroatoms. The number of fused-ring (bicyclic) bond motifs is 1. The molecule has 1 saturated carbocycles. The van der Waals surface area contributed by atoms with Gasteiger partial charge in [-0.15, -0.1) is 0 Å². The van der Waals surface area contributed by atoms with Gasteiger partial charge in [0.2, 0.25) is 0 Å². The van der Waals surface area contributed by atoms with E-state index in [0.717, 1.165) is 5.57 Å². The highest BCUT2D eigenvalue weighted by Crippen LogP contribution is 2.85. The molecule has 14 heavy (non-hydrogen) atoms. The van der Waals surface area contributed by atoms with Gasteiger partial charge in [0, 0.05) is 22.3 Å². The molecule has 2 nitrogen and oxygen atoms in total. The van der Waals surface area contributed by atoms with Gasteiger partial charge >= 0.3 is 0 Å². The Balaban J connectivity index is 2.27. The largest absolute Gasteiger partial charge is 0.197 e. The quantitative estimate of drug-likeness (QED) is 0.539. The van der Waals surface area contributed by atoms with Gasteiger partial charge in [-0.3, -0.25) is 0 Å². The summed E-state index contributed by atoms with van der Waals surface area (Å²) in [4.78, 5) is 0. The zero-order valence-corrected chi connectivity index (χ0v) is 8.20. The summed E-state index contributed by atoms with van der Waals surface area (Å²) in [5.41, 5.74) is 0.300. The lowest BCUT2D eigenvalue weighted by atomic mass is 9.73. The van der Waals surface area contributed by atoms with Crippen molar-refractivity contribution in [2.45, 2.75) is 13.8 Å². The van der Waals surface area contributed by atoms with E-state index < -0.39 is 0 Å². The molecule has 3 aliphatic carbocycles. The first-order chi connectivity index (χ1) is 6.57. The second-order valence-corrected chi connectivity index (χ2v) is 4.89. The number of rotatable bonds is 0. The van der Waals surface area contributed by atoms with Crippen LogP contribution >= 0.6 is 0 Å². The second kappa shape index (κ2) is 1.66. The van der Waals surface area contributed by atoms with Crippen LogP contribution in [0.5, 0.6) is 0 Å². The molecule has 0 bridgehead atoms. The van der Waals surface area contributed by atoms with E-state index in [1.807, 2.05) is 12.2 Å². The number of hydrogen-bond acceptors (Lipinski definition) is 2. The molecule has 0 aromatic heterocycles. The minimum absolute atomic E-state index is 0.0419. The van der Waals surface area contributed by atoms with Gasteiger partial charge in [0.25, 0.3) is 0 Å². The molecule has 0 spiro atoms. The van der Waals surface area contributed by atoms with Crippen molar-refractivity contribution in [2.24, 2.45) is 22.2 Å². The Kier molecular flexibility index (Phi) is 0.930. The molecule has 0 radical (unpaired) electrons. The Morgan fingerprint density at radius 2 is 2.00 bits per heavy atom. The Hall–Kier alpha value is -1.54. The maximum absolute atomic E-state index is 9.21. The molecule has 0 amide bonds. The zero-order chi connectivity index (χ0) is 10.2. The SMILES string of the molecule is C[C@@]12[C@H]3C=C(C#N)[C@]1(C)C=C[C@]32C#N. The van der Waals surface area contributed by atoms with Crippen LogP contribution in [0.2, 0.25) is 0 Å². The van der Waals surface area contributed by atoms with Crippen molar-refractivity contribution in [1.82, 2.24) is 0 Å². The standard InChI is InChI=1S/C12H10N2/c1-10-3-4-12(7-14)9(11(10,12)2)5-8(10)6-13/h3-5,9H,1-2H3/t9-,10+,11-,12+/m1/s1. The summed E-state index contributed by atoms with van der Waals surface area (Å²) in [5, 5.41) is 18.2. The van der Waals surface area contributed by atoms with E-state index in [2.05, 4.69) is 32.1 Å². The molecule has 0 aliphatic heterocycles. The molecular formula is C12H10N2. The van der Waals surface area contributed by atoms with Crippen molar-refractivity contribution in [3.8, 4) is 12.1 Å². The van der Waals surface area contributed by atoms with E-state index in [-0.39, 0.29) is 22.2 Å². The van der Waals surface area contributed by atoms with Crippen LogP contribution in [0.25, 0.3) is 0 Å². The smallest absolute Gasteiger partial charge is 0.0953 e. The van der Waals surface area contributed by atoms with Crippen molar-refractivity contribution in [1.29, 1.82) is 10.5 Å². The summed E-state index contributed by atoms with van der Waals surface area (Å²) in [6.07, 6.45) is 6.07. The molecule has 0 heterocycles. The number of allylic oxidation sites excluding steroid dienone is 4. The van der Waals surface area contributed by atoms with Gasteiger partial charge in [0.15, 0.2) is 0 Å². The van der Waals surface area contributed by atoms with Crippen molar-refractivity contribution in [3.63, 3.8) is 0 Å². The van der Waals surface area contributed by atoms with Crippen LogP contribution in [0, 0.1) is 44.8 Å². The van der Waals surface area contributed by atoms with Gasteiger partial charge in [0.1, 0.15) is 0 Å². The second-order valence-electron chi connectivity index (χ2n) is 4.89. The van der Waals surface area contributed by atoms with Gasteiger partial charge in [-0.2, -0.15) is 10.5 Å². The topological polar surface area (TPSA) is 47.6 Å². The fourth-order valence-electron chi connectivity index (χ4n) is 3.57. The van der Waals surface area contributed by atoms with Crippen LogP contribution in [-0.4, -0.2) is 0 Å². The zero-order valence-electron chi connectivity index (χ0n) is 8.20. The number of nitrogens with zero attached hydrogens (tertiary/aromatic N) is 2. The minimum atomic E-state index is -0.303. The Bertz CT molecular complexity index is 487. The molecule has 0 N–H and O–H groups in total. The van der Waals surface area contributed by atoms with Gasteiger partial charge in [-0.1, -0.05) is 32.1 Å². The monoisotopic (exact) mass is 182 g/mol. The first-order valence-corrected chi connectivity index (χ1v) is 4.81. The highest BCUT2D eigenvalue weighted by molar-refractivity contribution is 5.61. The molecule has 68 valence electrons. The maximum Gasteiger partial charge on any atom is 0.0953 e. The molecular weight excluding hydrogens is 172 g/mol. The Morgan fingerprint density at radius 3 is 2.50 bits per heavy atom. The lowest BCUT2D eigenvalue weighted by Gasteiger charge is -2.27. The third-order valence-corrected chi connectivity index (χ3v) is 4.85. The molecule has 0 unspecified atom stereocenters. The average Bonchev–Trinajstić information content (AvgIpc) is 2.57. The molecule has 3 aliphatic rings. The molecule has 1 fully saturated rings. The number of nitriles is 2. The maximum atomic E-state index is 9.21. The van der Waals surface area contributed by atoms with E-state index in [1.165, 1.54) is 0 Å². The Labute approximate surface area is 83.1 Å². The van der Waals surface area contributed by atoms with Gasteiger partial charge < -0.3 is 0 Å². The normalized spacial score (nSPS) is 56.0. The van der Waals surface area contributed by atoms with Crippen molar-refractivity contribution in [2.75, 3.05) is 0 Å². The lowest BCUT2D eigenvalue weighted by Crippen LogP contribution is -2.24. The van der Waals surface area contributed by atoms with Crippen LogP contribution in [0.15, 0.2) is 23.8 Å². The van der Waals surface area contributed by atoms with E-state index in [0.29, 0.717) is 0 Å². The Morgan fingerprint density at radius 1 is 1.29 bits per heavy atom. The molecule has 4 atom stereocenters. The molecule has 0 aromatic rings. The number of hydrogen-bond donors (Lipinski definition) is 0. The summed E-state index contributed by atoms with van der Waals surface area (Å²) in [6, 6.07) is 4.68. The van der Waals surface area contributed by atoms with Crippen molar-refractivity contribution < 1.29 is 0 Å². The lowest BCUT2D eigenvalue weighted by molar-refractivity contribution is 0.306. The molecule has 0 aromatic carbocycles. The van der Waals surface area contributed by atoms with Crippen LogP contribution in [0.4, 0.5) is 0 Å². The van der Waals surface area contributed by atoms with Crippen LogP contribution in [0.3, 0.4) is 0 Å². The summed E-state index contributed by atoms with van der Waals surface area (Å²) < 4.78 is 0. The van der Waals surface area contributed by atoms with E-state index in [9.17, 15) is 5.26 Å². The first kappa shape index (κ1) is 7.83. The van der Waals surface area contributed by atoms with Crippen molar-refractivity contribution >= 4 is 0 Å². The van der Waals surface area contributed by atoms with E-state index in [1.54, 1.807) is 0 Å². The predicted octanol–water partition coefficient (Wildman–Crippen LogP) is 2.17. The van der Waals surface area contributed by atoms with Crippen LogP contribution in [0.1, 0.15) is 13.8 Å². The van der Waals surface area contributed by atoms with Gasteiger partial charge in [-0.05, 0) is 0 Å². The minimum Gasteiger partial charge on any atom is -0.197 e. The fraction of sp³-hybridized carbons (Fsp3) is 0.500. The highest BCUT2D eigenvalue weighted by Gasteiger charge is 2.84. The predicted molar refractivity (Wildman–Crippen MR) is 50.6 cm³/mol. The van der Waals surface area contributed by atoms with E-state index in [4.69, 9.17) is 5.26 Å². The summed E-state index contributed by atoms with van der Waals surface area (Å²) >= 11 is 0. The highest BCUT2D eigenvalue weighted by atomic mass is 14.8. The van der Waals surface area contributed by atoms with E-state index >= 15 is 0 Å². The average molecular weight is 182 g/mol.